The quantitative estimate of drug-likeness (QED) is 0.781. The summed E-state index contributed by atoms with van der Waals surface area (Å²) in [7, 11) is 0. The number of halogens is 1. The second kappa shape index (κ2) is 5.63. The molecule has 1 aliphatic heterocycles. The number of benzene rings is 1. The van der Waals surface area contributed by atoms with Crippen molar-refractivity contribution in [1.82, 2.24) is 4.90 Å². The van der Waals surface area contributed by atoms with Crippen LogP contribution in [0.4, 0.5) is 0 Å². The van der Waals surface area contributed by atoms with Gasteiger partial charge in [0.05, 0.1) is 11.7 Å². The largest absolute Gasteiger partial charge is 0.369 e. The standard InChI is InChI=1S/C15H20BrNO2/c1-11-9-17(10-15(2,3)19-11)14(18)13-6-4-12(8-16)5-7-13/h4-7,11H,8-10H2,1-3H3. The van der Waals surface area contributed by atoms with E-state index in [2.05, 4.69) is 15.9 Å². The maximum atomic E-state index is 12.5. The Labute approximate surface area is 123 Å². The van der Waals surface area contributed by atoms with Gasteiger partial charge in [0.25, 0.3) is 5.91 Å². The summed E-state index contributed by atoms with van der Waals surface area (Å²) in [5.41, 5.74) is 1.64. The third-order valence-electron chi connectivity index (χ3n) is 3.21. The van der Waals surface area contributed by atoms with Gasteiger partial charge in [0.2, 0.25) is 0 Å². The molecule has 0 saturated carbocycles. The summed E-state index contributed by atoms with van der Waals surface area (Å²) in [4.78, 5) is 14.4. The molecule has 3 nitrogen and oxygen atoms in total. The summed E-state index contributed by atoms with van der Waals surface area (Å²) >= 11 is 3.41. The van der Waals surface area contributed by atoms with Gasteiger partial charge < -0.3 is 9.64 Å². The van der Waals surface area contributed by atoms with Crippen LogP contribution in [0.3, 0.4) is 0 Å². The van der Waals surface area contributed by atoms with Gasteiger partial charge in [-0.05, 0) is 38.5 Å². The van der Waals surface area contributed by atoms with Crippen molar-refractivity contribution in [3.05, 3.63) is 35.4 Å². The van der Waals surface area contributed by atoms with Crippen molar-refractivity contribution in [3.63, 3.8) is 0 Å². The molecule has 4 heteroatoms. The van der Waals surface area contributed by atoms with Crippen molar-refractivity contribution in [1.29, 1.82) is 0 Å². The molecule has 0 aliphatic carbocycles. The number of amides is 1. The Morgan fingerprint density at radius 3 is 2.58 bits per heavy atom. The van der Waals surface area contributed by atoms with Crippen molar-refractivity contribution in [3.8, 4) is 0 Å². The first-order valence-electron chi connectivity index (χ1n) is 6.53. The Kier molecular flexibility index (Phi) is 4.31. The van der Waals surface area contributed by atoms with Gasteiger partial charge in [-0.3, -0.25) is 4.79 Å². The van der Waals surface area contributed by atoms with Gasteiger partial charge in [-0.15, -0.1) is 0 Å². The molecule has 1 amide bonds. The number of ether oxygens (including phenoxy) is 1. The Hall–Kier alpha value is -0.870. The van der Waals surface area contributed by atoms with Crippen molar-refractivity contribution < 1.29 is 9.53 Å². The smallest absolute Gasteiger partial charge is 0.254 e. The van der Waals surface area contributed by atoms with Crippen LogP contribution >= 0.6 is 15.9 Å². The minimum Gasteiger partial charge on any atom is -0.369 e. The van der Waals surface area contributed by atoms with Crippen LogP contribution in [0.15, 0.2) is 24.3 Å². The monoisotopic (exact) mass is 325 g/mol. The molecule has 2 rings (SSSR count). The van der Waals surface area contributed by atoms with E-state index in [1.54, 1.807) is 0 Å². The second-order valence-electron chi connectivity index (χ2n) is 5.70. The molecule has 0 radical (unpaired) electrons. The van der Waals surface area contributed by atoms with Crippen LogP contribution in [-0.2, 0) is 10.1 Å². The number of morpholine rings is 1. The molecule has 19 heavy (non-hydrogen) atoms. The van der Waals surface area contributed by atoms with Crippen molar-refractivity contribution in [2.75, 3.05) is 13.1 Å². The van der Waals surface area contributed by atoms with E-state index >= 15 is 0 Å². The average molecular weight is 326 g/mol. The van der Waals surface area contributed by atoms with E-state index < -0.39 is 0 Å². The predicted octanol–water partition coefficient (Wildman–Crippen LogP) is 3.22. The first-order chi connectivity index (χ1) is 8.91. The van der Waals surface area contributed by atoms with E-state index in [9.17, 15) is 4.79 Å². The van der Waals surface area contributed by atoms with E-state index in [0.717, 1.165) is 10.9 Å². The van der Waals surface area contributed by atoms with E-state index in [4.69, 9.17) is 4.74 Å². The number of hydrogen-bond donors (Lipinski definition) is 0. The molecule has 1 heterocycles. The van der Waals surface area contributed by atoms with Crippen molar-refractivity contribution in [2.24, 2.45) is 0 Å². The minimum absolute atomic E-state index is 0.0783. The third kappa shape index (κ3) is 3.57. The molecule has 0 bridgehead atoms. The lowest BCUT2D eigenvalue weighted by atomic mass is 10.0. The predicted molar refractivity (Wildman–Crippen MR) is 79.6 cm³/mol. The molecule has 1 atom stereocenters. The molecule has 1 unspecified atom stereocenters. The Balaban J connectivity index is 2.14. The van der Waals surface area contributed by atoms with Gasteiger partial charge in [-0.1, -0.05) is 28.1 Å². The zero-order chi connectivity index (χ0) is 14.0. The second-order valence-corrected chi connectivity index (χ2v) is 6.27. The summed E-state index contributed by atoms with van der Waals surface area (Å²) in [5, 5.41) is 0.809. The summed E-state index contributed by atoms with van der Waals surface area (Å²) in [5.74, 6) is 0.0874. The summed E-state index contributed by atoms with van der Waals surface area (Å²) < 4.78 is 5.83. The summed E-state index contributed by atoms with van der Waals surface area (Å²) in [6, 6.07) is 7.76. The molecule has 1 saturated heterocycles. The number of hydrogen-bond acceptors (Lipinski definition) is 2. The molecular formula is C15H20BrNO2. The Bertz CT molecular complexity index is 456. The maximum Gasteiger partial charge on any atom is 0.254 e. The van der Waals surface area contributed by atoms with Crippen LogP contribution in [0.5, 0.6) is 0 Å². The van der Waals surface area contributed by atoms with Gasteiger partial charge in [0.15, 0.2) is 0 Å². The third-order valence-corrected chi connectivity index (χ3v) is 3.86. The summed E-state index contributed by atoms with van der Waals surface area (Å²) in [6.45, 7) is 7.35. The van der Waals surface area contributed by atoms with Crippen LogP contribution in [0.2, 0.25) is 0 Å². The Morgan fingerprint density at radius 1 is 1.42 bits per heavy atom. The molecule has 104 valence electrons. The lowest BCUT2D eigenvalue weighted by molar-refractivity contribution is -0.118. The average Bonchev–Trinajstić information content (AvgIpc) is 2.35. The lowest BCUT2D eigenvalue weighted by Crippen LogP contribution is -2.53. The van der Waals surface area contributed by atoms with Crippen LogP contribution in [0, 0.1) is 0 Å². The van der Waals surface area contributed by atoms with Crippen molar-refractivity contribution >= 4 is 21.8 Å². The van der Waals surface area contributed by atoms with E-state index in [-0.39, 0.29) is 17.6 Å². The highest BCUT2D eigenvalue weighted by atomic mass is 79.9. The molecule has 1 aliphatic rings. The lowest BCUT2D eigenvalue weighted by Gasteiger charge is -2.41. The zero-order valence-electron chi connectivity index (χ0n) is 11.6. The number of rotatable bonds is 2. The fourth-order valence-electron chi connectivity index (χ4n) is 2.53. The molecule has 0 N–H and O–H groups in total. The van der Waals surface area contributed by atoms with Crippen LogP contribution < -0.4 is 0 Å². The Morgan fingerprint density at radius 2 is 2.05 bits per heavy atom. The first kappa shape index (κ1) is 14.5. The number of alkyl halides is 1. The minimum atomic E-state index is -0.275. The van der Waals surface area contributed by atoms with Gasteiger partial charge in [0.1, 0.15) is 0 Å². The van der Waals surface area contributed by atoms with Crippen LogP contribution in [0.1, 0.15) is 36.7 Å². The molecular weight excluding hydrogens is 306 g/mol. The number of nitrogens with zero attached hydrogens (tertiary/aromatic N) is 1. The fourth-order valence-corrected chi connectivity index (χ4v) is 2.90. The SMILES string of the molecule is CC1CN(C(=O)c2ccc(CBr)cc2)CC(C)(C)O1. The number of carbonyl (C=O) groups excluding carboxylic acids is 1. The highest BCUT2D eigenvalue weighted by molar-refractivity contribution is 9.08. The van der Waals surface area contributed by atoms with Gasteiger partial charge in [0, 0.05) is 24.0 Å². The molecule has 1 aromatic rings. The highest BCUT2D eigenvalue weighted by Crippen LogP contribution is 2.22. The normalized spacial score (nSPS) is 22.3. The van der Waals surface area contributed by atoms with E-state index in [1.807, 2.05) is 49.9 Å². The molecule has 1 aromatic carbocycles. The first-order valence-corrected chi connectivity index (χ1v) is 7.65. The number of carbonyl (C=O) groups is 1. The topological polar surface area (TPSA) is 29.5 Å². The van der Waals surface area contributed by atoms with E-state index in [0.29, 0.717) is 13.1 Å². The molecule has 1 fully saturated rings. The van der Waals surface area contributed by atoms with Crippen molar-refractivity contribution in [2.45, 2.75) is 37.8 Å². The van der Waals surface area contributed by atoms with Crippen LogP contribution in [0.25, 0.3) is 0 Å². The van der Waals surface area contributed by atoms with E-state index in [1.165, 1.54) is 5.56 Å². The zero-order valence-corrected chi connectivity index (χ0v) is 13.2. The van der Waals surface area contributed by atoms with Gasteiger partial charge in [-0.25, -0.2) is 0 Å². The highest BCUT2D eigenvalue weighted by Gasteiger charge is 2.33. The molecule has 0 spiro atoms. The molecule has 0 aromatic heterocycles. The van der Waals surface area contributed by atoms with Gasteiger partial charge in [-0.2, -0.15) is 0 Å². The van der Waals surface area contributed by atoms with Gasteiger partial charge >= 0.3 is 0 Å². The van der Waals surface area contributed by atoms with Crippen LogP contribution in [-0.4, -0.2) is 35.6 Å². The maximum absolute atomic E-state index is 12.5. The summed E-state index contributed by atoms with van der Waals surface area (Å²) in [6.07, 6.45) is 0.0783. The fraction of sp³-hybridized carbons (Fsp3) is 0.533.